The number of fused-ring (bicyclic) bond motifs is 1. The topological polar surface area (TPSA) is 49.8 Å². The summed E-state index contributed by atoms with van der Waals surface area (Å²) in [7, 11) is 0. The van der Waals surface area contributed by atoms with Crippen LogP contribution in [-0.2, 0) is 6.42 Å². The standard InChI is InChI=1S/C17H22N4/c1-3-18-17-19-11-12(2)16(21-17)20-15-10-6-8-13-7-4-5-9-14(13)15/h4-5,7,9,11,15H,3,6,8,10H2,1-2H3,(H2,18,19,20,21). The molecule has 0 bridgehead atoms. The van der Waals surface area contributed by atoms with Crippen LogP contribution in [0.5, 0.6) is 0 Å². The van der Waals surface area contributed by atoms with E-state index in [1.54, 1.807) is 0 Å². The maximum Gasteiger partial charge on any atom is 0.224 e. The molecular weight excluding hydrogens is 260 g/mol. The predicted molar refractivity (Wildman–Crippen MR) is 86.7 cm³/mol. The Morgan fingerprint density at radius 2 is 2.14 bits per heavy atom. The first-order valence-corrected chi connectivity index (χ1v) is 7.69. The minimum atomic E-state index is 0.345. The van der Waals surface area contributed by atoms with Crippen LogP contribution in [0.2, 0.25) is 0 Å². The molecule has 1 aliphatic carbocycles. The molecule has 1 aromatic heterocycles. The van der Waals surface area contributed by atoms with E-state index in [1.165, 1.54) is 24.0 Å². The summed E-state index contributed by atoms with van der Waals surface area (Å²) >= 11 is 0. The Balaban J connectivity index is 1.86. The molecule has 1 atom stereocenters. The molecule has 4 nitrogen and oxygen atoms in total. The summed E-state index contributed by atoms with van der Waals surface area (Å²) < 4.78 is 0. The Labute approximate surface area is 126 Å². The van der Waals surface area contributed by atoms with E-state index in [4.69, 9.17) is 0 Å². The maximum absolute atomic E-state index is 4.60. The molecule has 4 heteroatoms. The van der Waals surface area contributed by atoms with Crippen molar-refractivity contribution < 1.29 is 0 Å². The van der Waals surface area contributed by atoms with Gasteiger partial charge >= 0.3 is 0 Å². The van der Waals surface area contributed by atoms with Gasteiger partial charge in [0.05, 0.1) is 6.04 Å². The van der Waals surface area contributed by atoms with E-state index >= 15 is 0 Å². The third-order valence-electron chi connectivity index (χ3n) is 3.99. The van der Waals surface area contributed by atoms with E-state index in [2.05, 4.69) is 44.9 Å². The molecule has 3 rings (SSSR count). The summed E-state index contributed by atoms with van der Waals surface area (Å²) in [5.41, 5.74) is 3.95. The second-order valence-electron chi connectivity index (χ2n) is 5.54. The fraction of sp³-hybridized carbons (Fsp3) is 0.412. The third-order valence-corrected chi connectivity index (χ3v) is 3.99. The second-order valence-corrected chi connectivity index (χ2v) is 5.54. The molecule has 0 saturated carbocycles. The Hall–Kier alpha value is -2.10. The first kappa shape index (κ1) is 13.9. The Kier molecular flexibility index (Phi) is 4.04. The maximum atomic E-state index is 4.60. The molecule has 0 aliphatic heterocycles. The number of rotatable bonds is 4. The summed E-state index contributed by atoms with van der Waals surface area (Å²) in [5, 5.41) is 6.78. The molecule has 110 valence electrons. The zero-order chi connectivity index (χ0) is 14.7. The highest BCUT2D eigenvalue weighted by atomic mass is 15.1. The first-order valence-electron chi connectivity index (χ1n) is 7.69. The quantitative estimate of drug-likeness (QED) is 0.897. The van der Waals surface area contributed by atoms with Crippen LogP contribution in [-0.4, -0.2) is 16.5 Å². The fourth-order valence-corrected chi connectivity index (χ4v) is 2.90. The van der Waals surface area contributed by atoms with E-state index in [-0.39, 0.29) is 0 Å². The highest BCUT2D eigenvalue weighted by molar-refractivity contribution is 5.49. The minimum absolute atomic E-state index is 0.345. The van der Waals surface area contributed by atoms with Crippen molar-refractivity contribution in [2.45, 2.75) is 39.2 Å². The molecule has 2 N–H and O–H groups in total. The lowest BCUT2D eigenvalue weighted by molar-refractivity contribution is 0.598. The number of anilines is 2. The van der Waals surface area contributed by atoms with Gasteiger partial charge in [0, 0.05) is 18.3 Å². The van der Waals surface area contributed by atoms with Gasteiger partial charge in [-0.25, -0.2) is 4.98 Å². The monoisotopic (exact) mass is 282 g/mol. The summed E-state index contributed by atoms with van der Waals surface area (Å²) in [5.74, 6) is 1.62. The van der Waals surface area contributed by atoms with Crippen molar-refractivity contribution in [2.24, 2.45) is 0 Å². The van der Waals surface area contributed by atoms with Gasteiger partial charge in [0.25, 0.3) is 0 Å². The Morgan fingerprint density at radius 1 is 1.29 bits per heavy atom. The molecular formula is C17H22N4. The average Bonchev–Trinajstić information content (AvgIpc) is 2.51. The molecule has 1 aromatic carbocycles. The first-order chi connectivity index (χ1) is 10.3. The van der Waals surface area contributed by atoms with Gasteiger partial charge < -0.3 is 10.6 Å². The molecule has 1 unspecified atom stereocenters. The number of benzene rings is 1. The van der Waals surface area contributed by atoms with Gasteiger partial charge in [0.1, 0.15) is 5.82 Å². The SMILES string of the molecule is CCNc1ncc(C)c(NC2CCCc3ccccc32)n1. The Bertz CT molecular complexity index is 624. The number of hydrogen-bond acceptors (Lipinski definition) is 4. The van der Waals surface area contributed by atoms with Crippen LogP contribution in [0.25, 0.3) is 0 Å². The number of nitrogens with one attached hydrogen (secondary N) is 2. The van der Waals surface area contributed by atoms with Crippen molar-refractivity contribution in [1.82, 2.24) is 9.97 Å². The molecule has 21 heavy (non-hydrogen) atoms. The third kappa shape index (κ3) is 2.99. The largest absolute Gasteiger partial charge is 0.363 e. The lowest BCUT2D eigenvalue weighted by Crippen LogP contribution is -2.19. The zero-order valence-corrected chi connectivity index (χ0v) is 12.7. The lowest BCUT2D eigenvalue weighted by Gasteiger charge is -2.27. The van der Waals surface area contributed by atoms with E-state index in [0.29, 0.717) is 12.0 Å². The summed E-state index contributed by atoms with van der Waals surface area (Å²) in [6, 6.07) is 9.06. The molecule has 0 radical (unpaired) electrons. The lowest BCUT2D eigenvalue weighted by atomic mass is 9.88. The molecule has 0 amide bonds. The van der Waals surface area contributed by atoms with Gasteiger partial charge in [-0.05, 0) is 44.2 Å². The fourth-order valence-electron chi connectivity index (χ4n) is 2.90. The van der Waals surface area contributed by atoms with E-state index in [9.17, 15) is 0 Å². The average molecular weight is 282 g/mol. The van der Waals surface area contributed by atoms with Crippen molar-refractivity contribution in [1.29, 1.82) is 0 Å². The molecule has 0 saturated heterocycles. The van der Waals surface area contributed by atoms with E-state index in [0.717, 1.165) is 24.3 Å². The highest BCUT2D eigenvalue weighted by Gasteiger charge is 2.20. The molecule has 0 spiro atoms. The van der Waals surface area contributed by atoms with Crippen LogP contribution in [0.15, 0.2) is 30.5 Å². The molecule has 0 fully saturated rings. The highest BCUT2D eigenvalue weighted by Crippen LogP contribution is 2.32. The Morgan fingerprint density at radius 3 is 3.00 bits per heavy atom. The van der Waals surface area contributed by atoms with Crippen LogP contribution < -0.4 is 10.6 Å². The van der Waals surface area contributed by atoms with Gasteiger partial charge in [-0.1, -0.05) is 24.3 Å². The second kappa shape index (κ2) is 6.12. The van der Waals surface area contributed by atoms with Gasteiger partial charge in [0.2, 0.25) is 5.95 Å². The zero-order valence-electron chi connectivity index (χ0n) is 12.7. The van der Waals surface area contributed by atoms with Gasteiger partial charge in [0.15, 0.2) is 0 Å². The van der Waals surface area contributed by atoms with Gasteiger partial charge in [-0.2, -0.15) is 4.98 Å². The van der Waals surface area contributed by atoms with Crippen molar-refractivity contribution in [3.05, 3.63) is 47.2 Å². The van der Waals surface area contributed by atoms with Crippen LogP contribution in [0.1, 0.15) is 42.5 Å². The number of hydrogen-bond donors (Lipinski definition) is 2. The number of aromatic nitrogens is 2. The number of aryl methyl sites for hydroxylation is 2. The molecule has 1 aliphatic rings. The van der Waals surface area contributed by atoms with Crippen LogP contribution in [0.3, 0.4) is 0 Å². The van der Waals surface area contributed by atoms with E-state index in [1.807, 2.05) is 20.0 Å². The normalized spacial score (nSPS) is 17.1. The summed E-state index contributed by atoms with van der Waals surface area (Å²) in [4.78, 5) is 8.90. The number of nitrogens with zero attached hydrogens (tertiary/aromatic N) is 2. The van der Waals surface area contributed by atoms with Crippen molar-refractivity contribution in [2.75, 3.05) is 17.2 Å². The van der Waals surface area contributed by atoms with Crippen LogP contribution in [0, 0.1) is 6.92 Å². The van der Waals surface area contributed by atoms with Crippen molar-refractivity contribution in [3.63, 3.8) is 0 Å². The predicted octanol–water partition coefficient (Wildman–Crippen LogP) is 3.71. The van der Waals surface area contributed by atoms with E-state index < -0.39 is 0 Å². The minimum Gasteiger partial charge on any atom is -0.363 e. The van der Waals surface area contributed by atoms with Gasteiger partial charge in [-0.15, -0.1) is 0 Å². The molecule has 1 heterocycles. The molecule has 2 aromatic rings. The van der Waals surface area contributed by atoms with Gasteiger partial charge in [-0.3, -0.25) is 0 Å². The smallest absolute Gasteiger partial charge is 0.224 e. The summed E-state index contributed by atoms with van der Waals surface area (Å²) in [6.45, 7) is 4.93. The van der Waals surface area contributed by atoms with Crippen molar-refractivity contribution >= 4 is 11.8 Å². The van der Waals surface area contributed by atoms with Crippen LogP contribution >= 0.6 is 0 Å². The van der Waals surface area contributed by atoms with Crippen LogP contribution in [0.4, 0.5) is 11.8 Å². The van der Waals surface area contributed by atoms with Crippen molar-refractivity contribution in [3.8, 4) is 0 Å². The summed E-state index contributed by atoms with van der Waals surface area (Å²) in [6.07, 6.45) is 5.43.